The van der Waals surface area contributed by atoms with Crippen LogP contribution in [0.2, 0.25) is 0 Å². The molecule has 2 atom stereocenters. The van der Waals surface area contributed by atoms with Gasteiger partial charge in [-0.05, 0) is 110 Å². The van der Waals surface area contributed by atoms with Gasteiger partial charge in [-0.2, -0.15) is 0 Å². The van der Waals surface area contributed by atoms with E-state index in [1.807, 2.05) is 72.8 Å². The predicted octanol–water partition coefficient (Wildman–Crippen LogP) is 9.18. The zero-order valence-electron chi connectivity index (χ0n) is 26.4. The molecule has 0 amide bonds. The van der Waals surface area contributed by atoms with Crippen LogP contribution in [-0.2, 0) is 9.84 Å². The van der Waals surface area contributed by atoms with E-state index in [1.165, 1.54) is 11.1 Å². The van der Waals surface area contributed by atoms with Crippen molar-refractivity contribution in [2.45, 2.75) is 52.0 Å². The first-order valence-corrected chi connectivity index (χ1v) is 16.1. The van der Waals surface area contributed by atoms with Crippen molar-refractivity contribution in [2.24, 2.45) is 0 Å². The van der Waals surface area contributed by atoms with Crippen molar-refractivity contribution >= 4 is 22.0 Å². The summed E-state index contributed by atoms with van der Waals surface area (Å²) in [6, 6.07) is 23.1. The van der Waals surface area contributed by atoms with E-state index >= 15 is 0 Å². The van der Waals surface area contributed by atoms with Crippen molar-refractivity contribution in [1.29, 1.82) is 0 Å². The molecule has 0 fully saturated rings. The Morgan fingerprint density at radius 3 is 1.12 bits per heavy atom. The van der Waals surface area contributed by atoms with Crippen molar-refractivity contribution in [1.82, 2.24) is 0 Å². The van der Waals surface area contributed by atoms with Crippen LogP contribution >= 0.6 is 0 Å². The third kappa shape index (κ3) is 7.29. The largest absolute Gasteiger partial charge is 0.497 e. The van der Waals surface area contributed by atoms with E-state index in [2.05, 4.69) is 65.8 Å². The fourth-order valence-electron chi connectivity index (χ4n) is 5.84. The average Bonchev–Trinajstić information content (AvgIpc) is 2.96. The van der Waals surface area contributed by atoms with E-state index in [1.54, 1.807) is 14.2 Å². The van der Waals surface area contributed by atoms with Gasteiger partial charge in [-0.1, -0.05) is 84.0 Å². The second-order valence-electron chi connectivity index (χ2n) is 11.3. The number of hydrogen-bond acceptors (Lipinski definition) is 4. The lowest BCUT2D eigenvalue weighted by atomic mass is 9.98. The number of benzene rings is 4. The van der Waals surface area contributed by atoms with Crippen LogP contribution in [0.4, 0.5) is 0 Å². The molecule has 4 aromatic carbocycles. The molecule has 224 valence electrons. The number of rotatable bonds is 10. The number of aryl methyl sites for hydroxylation is 6. The SMILES string of the molecule is COc1ccc(C(C=Cc2c(C)cc(C)cc2C)S(=O)(=O)C(C=Cc2c(C)cc(C)cc2C)c2ccc(OC)cc2)cc1. The molecule has 0 bridgehead atoms. The van der Waals surface area contributed by atoms with Crippen LogP contribution in [0.1, 0.15) is 66.1 Å². The molecular weight excluding hydrogens is 552 g/mol. The Balaban J connectivity index is 1.90. The fourth-order valence-corrected chi connectivity index (χ4v) is 7.83. The van der Waals surface area contributed by atoms with Gasteiger partial charge in [0.1, 0.15) is 22.0 Å². The molecule has 0 saturated heterocycles. The Morgan fingerprint density at radius 2 is 0.837 bits per heavy atom. The van der Waals surface area contributed by atoms with Gasteiger partial charge in [0.25, 0.3) is 0 Å². The van der Waals surface area contributed by atoms with Crippen LogP contribution in [-0.4, -0.2) is 22.6 Å². The molecule has 0 aliphatic rings. The summed E-state index contributed by atoms with van der Waals surface area (Å²) >= 11 is 0. The molecule has 5 heteroatoms. The Kier molecular flexibility index (Phi) is 9.98. The van der Waals surface area contributed by atoms with Gasteiger partial charge in [0.2, 0.25) is 0 Å². The summed E-state index contributed by atoms with van der Waals surface area (Å²) in [4.78, 5) is 0. The van der Waals surface area contributed by atoms with E-state index in [9.17, 15) is 8.42 Å². The van der Waals surface area contributed by atoms with Crippen molar-refractivity contribution in [3.63, 3.8) is 0 Å². The molecule has 0 N–H and O–H groups in total. The summed E-state index contributed by atoms with van der Waals surface area (Å²) in [6.07, 6.45) is 7.57. The minimum Gasteiger partial charge on any atom is -0.497 e. The van der Waals surface area contributed by atoms with Crippen LogP contribution in [0.3, 0.4) is 0 Å². The summed E-state index contributed by atoms with van der Waals surface area (Å²) in [5, 5.41) is -1.81. The van der Waals surface area contributed by atoms with Gasteiger partial charge in [0.05, 0.1) is 14.2 Å². The van der Waals surface area contributed by atoms with Gasteiger partial charge in [0, 0.05) is 0 Å². The highest BCUT2D eigenvalue weighted by Gasteiger charge is 2.34. The van der Waals surface area contributed by atoms with E-state index in [4.69, 9.17) is 9.47 Å². The first-order chi connectivity index (χ1) is 20.4. The summed E-state index contributed by atoms with van der Waals surface area (Å²) in [5.74, 6) is 1.34. The molecule has 0 aliphatic heterocycles. The van der Waals surface area contributed by atoms with Crippen molar-refractivity contribution in [2.75, 3.05) is 14.2 Å². The Bertz CT molecular complexity index is 1570. The predicted molar refractivity (Wildman–Crippen MR) is 180 cm³/mol. The second kappa shape index (κ2) is 13.5. The highest BCUT2D eigenvalue weighted by molar-refractivity contribution is 7.92. The first-order valence-electron chi connectivity index (χ1n) is 14.5. The molecule has 0 radical (unpaired) electrons. The van der Waals surface area contributed by atoms with Crippen LogP contribution in [0.5, 0.6) is 11.5 Å². The van der Waals surface area contributed by atoms with E-state index in [-0.39, 0.29) is 0 Å². The van der Waals surface area contributed by atoms with E-state index in [0.717, 1.165) is 33.4 Å². The molecule has 4 nitrogen and oxygen atoms in total. The molecule has 0 aliphatic carbocycles. The van der Waals surface area contributed by atoms with Crippen LogP contribution in [0, 0.1) is 41.5 Å². The second-order valence-corrected chi connectivity index (χ2v) is 13.5. The third-order valence-corrected chi connectivity index (χ3v) is 10.2. The smallest absolute Gasteiger partial charge is 0.171 e. The number of ether oxygens (including phenoxy) is 2. The number of hydrogen-bond donors (Lipinski definition) is 0. The Labute approximate surface area is 257 Å². The molecule has 4 rings (SSSR count). The molecule has 0 spiro atoms. The summed E-state index contributed by atoms with van der Waals surface area (Å²) in [7, 11) is -0.666. The third-order valence-electron chi connectivity index (χ3n) is 7.95. The monoisotopic (exact) mass is 594 g/mol. The summed E-state index contributed by atoms with van der Waals surface area (Å²) in [6.45, 7) is 12.4. The molecule has 2 unspecified atom stereocenters. The maximum Gasteiger partial charge on any atom is 0.171 e. The Hall–Kier alpha value is -4.09. The summed E-state index contributed by atoms with van der Waals surface area (Å²) < 4.78 is 40.5. The van der Waals surface area contributed by atoms with E-state index in [0.29, 0.717) is 22.6 Å². The molecule has 43 heavy (non-hydrogen) atoms. The number of methoxy groups -OCH3 is 2. The zero-order valence-corrected chi connectivity index (χ0v) is 27.3. The zero-order chi connectivity index (χ0) is 31.3. The lowest BCUT2D eigenvalue weighted by molar-refractivity contribution is 0.414. The van der Waals surface area contributed by atoms with E-state index < -0.39 is 20.3 Å². The van der Waals surface area contributed by atoms with Gasteiger partial charge >= 0.3 is 0 Å². The molecule has 0 aromatic heterocycles. The van der Waals surface area contributed by atoms with Crippen molar-refractivity contribution in [3.8, 4) is 11.5 Å². The lowest BCUT2D eigenvalue weighted by Crippen LogP contribution is -2.19. The van der Waals surface area contributed by atoms with Crippen molar-refractivity contribution in [3.05, 3.63) is 141 Å². The van der Waals surface area contributed by atoms with Gasteiger partial charge in [-0.3, -0.25) is 0 Å². The maximum atomic E-state index is 14.9. The standard InChI is InChI=1S/C38H42O4S/c1-25-21-27(3)35(28(4)22-25)17-19-37(31-9-13-33(41-7)14-10-31)43(39,40)38(32-11-15-34(42-8)16-12-32)20-18-36-29(5)23-26(2)24-30(36)6/h9-24,37-38H,1-8H3. The molecular formula is C38H42O4S. The van der Waals surface area contributed by atoms with Gasteiger partial charge in [-0.15, -0.1) is 0 Å². The minimum absolute atomic E-state index is 0.672. The normalized spacial score (nSPS) is 13.4. The fraction of sp³-hybridized carbons (Fsp3) is 0.263. The topological polar surface area (TPSA) is 52.6 Å². The van der Waals surface area contributed by atoms with Gasteiger partial charge in [0.15, 0.2) is 9.84 Å². The maximum absolute atomic E-state index is 14.9. The van der Waals surface area contributed by atoms with Crippen LogP contribution in [0.25, 0.3) is 12.2 Å². The highest BCUT2D eigenvalue weighted by atomic mass is 32.2. The van der Waals surface area contributed by atoms with Gasteiger partial charge < -0.3 is 9.47 Å². The Morgan fingerprint density at radius 1 is 0.535 bits per heavy atom. The lowest BCUT2D eigenvalue weighted by Gasteiger charge is -2.22. The van der Waals surface area contributed by atoms with Crippen molar-refractivity contribution < 1.29 is 17.9 Å². The molecule has 0 saturated carbocycles. The van der Waals surface area contributed by atoms with Crippen LogP contribution in [0.15, 0.2) is 84.9 Å². The summed E-state index contributed by atoms with van der Waals surface area (Å²) in [5.41, 5.74) is 10.2. The quantitative estimate of drug-likeness (QED) is 0.184. The minimum atomic E-state index is -3.87. The van der Waals surface area contributed by atoms with Gasteiger partial charge in [-0.25, -0.2) is 8.42 Å². The highest BCUT2D eigenvalue weighted by Crippen LogP contribution is 2.39. The number of sulfone groups is 1. The molecule has 0 heterocycles. The van der Waals surface area contributed by atoms with Crippen LogP contribution < -0.4 is 9.47 Å². The average molecular weight is 595 g/mol. The molecule has 4 aromatic rings. The first kappa shape index (κ1) is 31.8.